The Labute approximate surface area is 145 Å². The standard InChI is InChI=1S/C19H20N4O2/c1-12-3-4-14(9-13(12)2)18(24)20-7-8-21-19(25)15-5-6-16-17(10-15)23-11-22-16/h3-6,9-11H,7-8H2,1-2H3,(H,20,24)(H,21,25)(H,22,23). The van der Waals surface area contributed by atoms with E-state index in [4.69, 9.17) is 0 Å². The maximum Gasteiger partial charge on any atom is 0.251 e. The molecule has 25 heavy (non-hydrogen) atoms. The summed E-state index contributed by atoms with van der Waals surface area (Å²) in [6.45, 7) is 4.70. The summed E-state index contributed by atoms with van der Waals surface area (Å²) in [6, 6.07) is 10.9. The molecule has 2 aromatic carbocycles. The van der Waals surface area contributed by atoms with Crippen molar-refractivity contribution in [2.75, 3.05) is 13.1 Å². The van der Waals surface area contributed by atoms with Gasteiger partial charge in [-0.15, -0.1) is 0 Å². The van der Waals surface area contributed by atoms with Gasteiger partial charge in [-0.3, -0.25) is 9.59 Å². The molecule has 0 atom stereocenters. The lowest BCUT2D eigenvalue weighted by atomic mass is 10.1. The lowest BCUT2D eigenvalue weighted by Crippen LogP contribution is -2.34. The van der Waals surface area contributed by atoms with Crippen LogP contribution in [0.2, 0.25) is 0 Å². The number of imidazole rings is 1. The van der Waals surface area contributed by atoms with E-state index >= 15 is 0 Å². The second-order valence-electron chi connectivity index (χ2n) is 5.95. The molecule has 0 radical (unpaired) electrons. The van der Waals surface area contributed by atoms with E-state index in [-0.39, 0.29) is 11.8 Å². The van der Waals surface area contributed by atoms with Gasteiger partial charge in [0.15, 0.2) is 0 Å². The molecule has 3 rings (SSSR count). The summed E-state index contributed by atoms with van der Waals surface area (Å²) in [6.07, 6.45) is 1.59. The molecule has 0 aliphatic rings. The number of benzene rings is 2. The molecule has 3 N–H and O–H groups in total. The number of hydrogen-bond donors (Lipinski definition) is 3. The average molecular weight is 336 g/mol. The first-order chi connectivity index (χ1) is 12.0. The molecule has 0 unspecified atom stereocenters. The van der Waals surface area contributed by atoms with Gasteiger partial charge in [0.2, 0.25) is 0 Å². The number of nitrogens with zero attached hydrogens (tertiary/aromatic N) is 1. The molecule has 6 nitrogen and oxygen atoms in total. The normalized spacial score (nSPS) is 10.6. The SMILES string of the molecule is Cc1ccc(C(=O)NCCNC(=O)c2ccc3nc[nH]c3c2)cc1C. The summed E-state index contributed by atoms with van der Waals surface area (Å²) in [5, 5.41) is 5.60. The van der Waals surface area contributed by atoms with Gasteiger partial charge in [-0.1, -0.05) is 6.07 Å². The molecule has 128 valence electrons. The maximum absolute atomic E-state index is 12.1. The fraction of sp³-hybridized carbons (Fsp3) is 0.211. The Balaban J connectivity index is 1.49. The Morgan fingerprint density at radius 2 is 1.56 bits per heavy atom. The minimum atomic E-state index is -0.183. The van der Waals surface area contributed by atoms with Crippen LogP contribution in [-0.2, 0) is 0 Å². The van der Waals surface area contributed by atoms with Gasteiger partial charge in [0.25, 0.3) is 11.8 Å². The van der Waals surface area contributed by atoms with Crippen molar-refractivity contribution in [1.29, 1.82) is 0 Å². The van der Waals surface area contributed by atoms with Gasteiger partial charge in [0.05, 0.1) is 17.4 Å². The van der Waals surface area contributed by atoms with Crippen molar-refractivity contribution in [3.63, 3.8) is 0 Å². The highest BCUT2D eigenvalue weighted by Gasteiger charge is 2.08. The maximum atomic E-state index is 12.1. The third-order valence-corrected chi connectivity index (χ3v) is 4.15. The van der Waals surface area contributed by atoms with E-state index in [1.54, 1.807) is 30.6 Å². The lowest BCUT2D eigenvalue weighted by molar-refractivity contribution is 0.0927. The molecule has 1 heterocycles. The summed E-state index contributed by atoms with van der Waals surface area (Å²) in [5.74, 6) is -0.326. The first kappa shape index (κ1) is 16.7. The van der Waals surface area contributed by atoms with Crippen LogP contribution in [0.4, 0.5) is 0 Å². The van der Waals surface area contributed by atoms with Crippen molar-refractivity contribution in [2.24, 2.45) is 0 Å². The number of nitrogens with one attached hydrogen (secondary N) is 3. The second-order valence-corrected chi connectivity index (χ2v) is 5.95. The molecule has 0 bridgehead atoms. The molecular formula is C19H20N4O2. The zero-order chi connectivity index (χ0) is 17.8. The van der Waals surface area contributed by atoms with E-state index in [0.29, 0.717) is 24.2 Å². The molecule has 6 heteroatoms. The zero-order valence-corrected chi connectivity index (χ0v) is 14.2. The van der Waals surface area contributed by atoms with Crippen LogP contribution < -0.4 is 10.6 Å². The largest absolute Gasteiger partial charge is 0.350 e. The van der Waals surface area contributed by atoms with Gasteiger partial charge in [0.1, 0.15) is 0 Å². The average Bonchev–Trinajstić information content (AvgIpc) is 3.08. The van der Waals surface area contributed by atoms with Gasteiger partial charge < -0.3 is 15.6 Å². The van der Waals surface area contributed by atoms with Gasteiger partial charge in [-0.05, 0) is 55.3 Å². The Hall–Kier alpha value is -3.15. The number of carbonyl (C=O) groups is 2. The Kier molecular flexibility index (Phi) is 4.79. The summed E-state index contributed by atoms with van der Waals surface area (Å²) in [4.78, 5) is 31.3. The highest BCUT2D eigenvalue weighted by atomic mass is 16.2. The predicted molar refractivity (Wildman–Crippen MR) is 96.7 cm³/mol. The van der Waals surface area contributed by atoms with Crippen LogP contribution >= 0.6 is 0 Å². The Morgan fingerprint density at radius 1 is 0.920 bits per heavy atom. The summed E-state index contributed by atoms with van der Waals surface area (Å²) in [5.41, 5.74) is 5.04. The molecule has 0 fully saturated rings. The molecule has 1 aromatic heterocycles. The molecule has 2 amide bonds. The van der Waals surface area contributed by atoms with E-state index in [0.717, 1.165) is 22.2 Å². The number of aryl methyl sites for hydroxylation is 2. The minimum absolute atomic E-state index is 0.142. The van der Waals surface area contributed by atoms with E-state index < -0.39 is 0 Å². The summed E-state index contributed by atoms with van der Waals surface area (Å²) < 4.78 is 0. The minimum Gasteiger partial charge on any atom is -0.350 e. The Morgan fingerprint density at radius 3 is 2.24 bits per heavy atom. The van der Waals surface area contributed by atoms with Crippen LogP contribution in [-0.4, -0.2) is 34.9 Å². The number of amides is 2. The summed E-state index contributed by atoms with van der Waals surface area (Å²) in [7, 11) is 0. The summed E-state index contributed by atoms with van der Waals surface area (Å²) >= 11 is 0. The highest BCUT2D eigenvalue weighted by molar-refractivity contribution is 5.97. The number of aromatic amines is 1. The van der Waals surface area contributed by atoms with Crippen LogP contribution in [0.3, 0.4) is 0 Å². The van der Waals surface area contributed by atoms with Crippen LogP contribution in [0.5, 0.6) is 0 Å². The first-order valence-corrected chi connectivity index (χ1v) is 8.11. The number of carbonyl (C=O) groups excluding carboxylic acids is 2. The Bertz CT molecular complexity index is 930. The molecule has 0 saturated heterocycles. The zero-order valence-electron chi connectivity index (χ0n) is 14.2. The molecular weight excluding hydrogens is 316 g/mol. The topological polar surface area (TPSA) is 86.9 Å². The van der Waals surface area contributed by atoms with Crippen LogP contribution in [0, 0.1) is 13.8 Å². The third-order valence-electron chi connectivity index (χ3n) is 4.15. The number of H-pyrrole nitrogens is 1. The van der Waals surface area contributed by atoms with E-state index in [1.165, 1.54) is 0 Å². The molecule has 0 aliphatic heterocycles. The molecule has 0 aliphatic carbocycles. The van der Waals surface area contributed by atoms with Crippen molar-refractivity contribution >= 4 is 22.8 Å². The van der Waals surface area contributed by atoms with Crippen LogP contribution in [0.1, 0.15) is 31.8 Å². The second kappa shape index (κ2) is 7.17. The number of aromatic nitrogens is 2. The van der Waals surface area contributed by atoms with Gasteiger partial charge in [0, 0.05) is 24.2 Å². The first-order valence-electron chi connectivity index (χ1n) is 8.11. The van der Waals surface area contributed by atoms with Crippen LogP contribution in [0.25, 0.3) is 11.0 Å². The third kappa shape index (κ3) is 3.85. The van der Waals surface area contributed by atoms with E-state index in [9.17, 15) is 9.59 Å². The quantitative estimate of drug-likeness (QED) is 0.625. The molecule has 0 saturated carbocycles. The predicted octanol–water partition coefficient (Wildman–Crippen LogP) is 2.34. The van der Waals surface area contributed by atoms with Crippen molar-refractivity contribution in [3.05, 3.63) is 65.0 Å². The van der Waals surface area contributed by atoms with E-state index in [2.05, 4.69) is 20.6 Å². The van der Waals surface area contributed by atoms with Crippen molar-refractivity contribution < 1.29 is 9.59 Å². The van der Waals surface area contributed by atoms with Crippen molar-refractivity contribution in [3.8, 4) is 0 Å². The van der Waals surface area contributed by atoms with Gasteiger partial charge in [-0.2, -0.15) is 0 Å². The van der Waals surface area contributed by atoms with Gasteiger partial charge in [-0.25, -0.2) is 4.98 Å². The van der Waals surface area contributed by atoms with Crippen molar-refractivity contribution in [1.82, 2.24) is 20.6 Å². The monoisotopic (exact) mass is 336 g/mol. The van der Waals surface area contributed by atoms with Crippen molar-refractivity contribution in [2.45, 2.75) is 13.8 Å². The number of fused-ring (bicyclic) bond motifs is 1. The fourth-order valence-electron chi connectivity index (χ4n) is 2.52. The van der Waals surface area contributed by atoms with Gasteiger partial charge >= 0.3 is 0 Å². The van der Waals surface area contributed by atoms with E-state index in [1.807, 2.05) is 26.0 Å². The number of rotatable bonds is 5. The number of hydrogen-bond acceptors (Lipinski definition) is 3. The lowest BCUT2D eigenvalue weighted by Gasteiger charge is -2.08. The fourth-order valence-corrected chi connectivity index (χ4v) is 2.52. The van der Waals surface area contributed by atoms with Crippen LogP contribution in [0.15, 0.2) is 42.7 Å². The highest BCUT2D eigenvalue weighted by Crippen LogP contribution is 2.11. The molecule has 3 aromatic rings. The smallest absolute Gasteiger partial charge is 0.251 e. The molecule has 0 spiro atoms.